The standard InChI is InChI=1S/C14H19N5O/c1-9-11(8-18-19-9)3-2-6-17-13-7-10(14(16)20)4-5-12(13)15/h4-5,7-8,17H,2-3,6,15H2,1H3,(H2,16,20)(H,18,19). The number of nitrogen functional groups attached to an aromatic ring is 1. The van der Waals surface area contributed by atoms with Crippen molar-refractivity contribution in [2.45, 2.75) is 19.8 Å². The van der Waals surface area contributed by atoms with Crippen molar-refractivity contribution in [3.63, 3.8) is 0 Å². The van der Waals surface area contributed by atoms with E-state index in [2.05, 4.69) is 15.5 Å². The minimum absolute atomic E-state index is 0.451. The Hall–Kier alpha value is -2.50. The highest BCUT2D eigenvalue weighted by atomic mass is 16.1. The fourth-order valence-corrected chi connectivity index (χ4v) is 1.99. The number of hydrogen-bond acceptors (Lipinski definition) is 4. The lowest BCUT2D eigenvalue weighted by Gasteiger charge is -2.10. The first-order valence-electron chi connectivity index (χ1n) is 6.50. The number of nitrogens with one attached hydrogen (secondary N) is 2. The van der Waals surface area contributed by atoms with Crippen molar-refractivity contribution < 1.29 is 4.79 Å². The molecule has 2 rings (SSSR count). The van der Waals surface area contributed by atoms with Gasteiger partial charge in [0.25, 0.3) is 0 Å². The van der Waals surface area contributed by atoms with Crippen molar-refractivity contribution in [2.75, 3.05) is 17.6 Å². The molecule has 0 saturated carbocycles. The van der Waals surface area contributed by atoms with Crippen LogP contribution in [0.2, 0.25) is 0 Å². The summed E-state index contributed by atoms with van der Waals surface area (Å²) in [6.07, 6.45) is 3.72. The zero-order chi connectivity index (χ0) is 14.5. The minimum atomic E-state index is -0.456. The molecule has 1 heterocycles. The lowest BCUT2D eigenvalue weighted by molar-refractivity contribution is 0.100. The third-order valence-corrected chi connectivity index (χ3v) is 3.21. The van der Waals surface area contributed by atoms with Gasteiger partial charge in [-0.05, 0) is 43.5 Å². The van der Waals surface area contributed by atoms with E-state index in [1.54, 1.807) is 18.2 Å². The molecule has 1 aromatic heterocycles. The van der Waals surface area contributed by atoms with Gasteiger partial charge in [-0.25, -0.2) is 0 Å². The number of benzene rings is 1. The maximum absolute atomic E-state index is 11.1. The number of primary amides is 1. The van der Waals surface area contributed by atoms with E-state index >= 15 is 0 Å². The van der Waals surface area contributed by atoms with Crippen molar-refractivity contribution in [3.8, 4) is 0 Å². The van der Waals surface area contributed by atoms with E-state index < -0.39 is 5.91 Å². The molecule has 0 radical (unpaired) electrons. The summed E-state index contributed by atoms with van der Waals surface area (Å²) in [5, 5.41) is 10.1. The molecule has 6 N–H and O–H groups in total. The molecule has 0 atom stereocenters. The number of nitrogens with two attached hydrogens (primary N) is 2. The normalized spacial score (nSPS) is 10.4. The van der Waals surface area contributed by atoms with Gasteiger partial charge in [0.05, 0.1) is 17.6 Å². The number of nitrogens with zero attached hydrogens (tertiary/aromatic N) is 1. The number of aromatic amines is 1. The molecule has 6 heteroatoms. The molecule has 0 aliphatic heterocycles. The Kier molecular flexibility index (Phi) is 4.24. The molecule has 6 nitrogen and oxygen atoms in total. The van der Waals surface area contributed by atoms with Crippen LogP contribution in [0.1, 0.15) is 28.0 Å². The number of amides is 1. The first-order chi connectivity index (χ1) is 9.58. The Morgan fingerprint density at radius 2 is 2.25 bits per heavy atom. The fourth-order valence-electron chi connectivity index (χ4n) is 1.99. The van der Waals surface area contributed by atoms with E-state index in [0.717, 1.165) is 30.8 Å². The van der Waals surface area contributed by atoms with Crippen molar-refractivity contribution in [1.29, 1.82) is 0 Å². The SMILES string of the molecule is Cc1[nH]ncc1CCCNc1cc(C(N)=O)ccc1N. The number of hydrogen-bond donors (Lipinski definition) is 4. The summed E-state index contributed by atoms with van der Waals surface area (Å²) < 4.78 is 0. The zero-order valence-electron chi connectivity index (χ0n) is 11.4. The average Bonchev–Trinajstić information content (AvgIpc) is 2.82. The van der Waals surface area contributed by atoms with Gasteiger partial charge in [-0.3, -0.25) is 9.89 Å². The minimum Gasteiger partial charge on any atom is -0.397 e. The number of aromatic nitrogens is 2. The summed E-state index contributed by atoms with van der Waals surface area (Å²) in [5.74, 6) is -0.456. The molecular weight excluding hydrogens is 254 g/mol. The van der Waals surface area contributed by atoms with Crippen LogP contribution in [0.15, 0.2) is 24.4 Å². The molecule has 0 aliphatic rings. The maximum Gasteiger partial charge on any atom is 0.248 e. The lowest BCUT2D eigenvalue weighted by Crippen LogP contribution is -2.12. The Morgan fingerprint density at radius 1 is 1.45 bits per heavy atom. The van der Waals surface area contributed by atoms with E-state index in [4.69, 9.17) is 11.5 Å². The highest BCUT2D eigenvalue weighted by Crippen LogP contribution is 2.20. The van der Waals surface area contributed by atoms with Crippen LogP contribution >= 0.6 is 0 Å². The predicted molar refractivity (Wildman–Crippen MR) is 79.5 cm³/mol. The van der Waals surface area contributed by atoms with Gasteiger partial charge in [-0.15, -0.1) is 0 Å². The number of rotatable bonds is 6. The molecule has 2 aromatic rings. The van der Waals surface area contributed by atoms with Crippen LogP contribution in [-0.4, -0.2) is 22.6 Å². The Bertz CT molecular complexity index is 605. The largest absolute Gasteiger partial charge is 0.397 e. The van der Waals surface area contributed by atoms with Gasteiger partial charge in [0.15, 0.2) is 0 Å². The third-order valence-electron chi connectivity index (χ3n) is 3.21. The highest BCUT2D eigenvalue weighted by molar-refractivity contribution is 5.94. The average molecular weight is 273 g/mol. The van der Waals surface area contributed by atoms with Crippen molar-refractivity contribution >= 4 is 17.3 Å². The van der Waals surface area contributed by atoms with Gasteiger partial charge in [0.2, 0.25) is 5.91 Å². The van der Waals surface area contributed by atoms with Crippen LogP contribution in [0, 0.1) is 6.92 Å². The second-order valence-corrected chi connectivity index (χ2v) is 4.72. The van der Waals surface area contributed by atoms with Crippen LogP contribution in [0.5, 0.6) is 0 Å². The fraction of sp³-hybridized carbons (Fsp3) is 0.286. The van der Waals surface area contributed by atoms with E-state index in [0.29, 0.717) is 11.3 Å². The van der Waals surface area contributed by atoms with Crippen LogP contribution in [-0.2, 0) is 6.42 Å². The first kappa shape index (κ1) is 13.9. The number of anilines is 2. The molecule has 0 fully saturated rings. The second kappa shape index (κ2) is 6.10. The van der Waals surface area contributed by atoms with Crippen LogP contribution in [0.25, 0.3) is 0 Å². The Balaban J connectivity index is 1.89. The smallest absolute Gasteiger partial charge is 0.248 e. The quantitative estimate of drug-likeness (QED) is 0.471. The van der Waals surface area contributed by atoms with Crippen LogP contribution < -0.4 is 16.8 Å². The Labute approximate surface area is 117 Å². The molecule has 0 aliphatic carbocycles. The number of H-pyrrole nitrogens is 1. The van der Waals surface area contributed by atoms with E-state index in [1.807, 2.05) is 13.1 Å². The predicted octanol–water partition coefficient (Wildman–Crippen LogP) is 1.44. The topological polar surface area (TPSA) is 110 Å². The van der Waals surface area contributed by atoms with Gasteiger partial charge >= 0.3 is 0 Å². The monoisotopic (exact) mass is 273 g/mol. The molecule has 0 saturated heterocycles. The second-order valence-electron chi connectivity index (χ2n) is 4.72. The van der Waals surface area contributed by atoms with Gasteiger partial charge in [-0.1, -0.05) is 0 Å². The van der Waals surface area contributed by atoms with Crippen LogP contribution in [0.4, 0.5) is 11.4 Å². The molecule has 0 spiro atoms. The molecule has 0 bridgehead atoms. The van der Waals surface area contributed by atoms with Crippen molar-refractivity contribution in [2.24, 2.45) is 5.73 Å². The molecule has 1 aromatic carbocycles. The summed E-state index contributed by atoms with van der Waals surface area (Å²) in [6, 6.07) is 4.99. The van der Waals surface area contributed by atoms with Crippen molar-refractivity contribution in [1.82, 2.24) is 10.2 Å². The first-order valence-corrected chi connectivity index (χ1v) is 6.50. The lowest BCUT2D eigenvalue weighted by atomic mass is 10.1. The summed E-state index contributed by atoms with van der Waals surface area (Å²) in [4.78, 5) is 11.1. The van der Waals surface area contributed by atoms with Crippen LogP contribution in [0.3, 0.4) is 0 Å². The van der Waals surface area contributed by atoms with Crippen molar-refractivity contribution in [3.05, 3.63) is 41.2 Å². The summed E-state index contributed by atoms with van der Waals surface area (Å²) in [5.41, 5.74) is 15.2. The maximum atomic E-state index is 11.1. The summed E-state index contributed by atoms with van der Waals surface area (Å²) >= 11 is 0. The van der Waals surface area contributed by atoms with E-state index in [9.17, 15) is 4.79 Å². The molecule has 106 valence electrons. The molecule has 0 unspecified atom stereocenters. The third kappa shape index (κ3) is 3.28. The van der Waals surface area contributed by atoms with E-state index in [-0.39, 0.29) is 0 Å². The number of carbonyl (C=O) groups excluding carboxylic acids is 1. The zero-order valence-corrected chi connectivity index (χ0v) is 11.4. The summed E-state index contributed by atoms with van der Waals surface area (Å²) in [7, 11) is 0. The van der Waals surface area contributed by atoms with Gasteiger partial charge in [-0.2, -0.15) is 5.10 Å². The molecule has 1 amide bonds. The summed E-state index contributed by atoms with van der Waals surface area (Å²) in [6.45, 7) is 2.76. The van der Waals surface area contributed by atoms with Gasteiger partial charge in [0.1, 0.15) is 0 Å². The van der Waals surface area contributed by atoms with Gasteiger partial charge < -0.3 is 16.8 Å². The highest BCUT2D eigenvalue weighted by Gasteiger charge is 2.05. The van der Waals surface area contributed by atoms with E-state index in [1.165, 1.54) is 5.56 Å². The number of aryl methyl sites for hydroxylation is 2. The Morgan fingerprint density at radius 3 is 2.90 bits per heavy atom. The molecular formula is C14H19N5O. The molecule has 20 heavy (non-hydrogen) atoms. The van der Waals surface area contributed by atoms with Gasteiger partial charge in [0, 0.05) is 17.8 Å². The number of carbonyl (C=O) groups is 1.